The number of piperidine rings is 1. The van der Waals surface area contributed by atoms with Crippen LogP contribution in [0.2, 0.25) is 0 Å². The zero-order valence-electron chi connectivity index (χ0n) is 14.4. The van der Waals surface area contributed by atoms with Gasteiger partial charge in [-0.15, -0.1) is 6.58 Å². The highest BCUT2D eigenvalue weighted by atomic mass is 32.2. The van der Waals surface area contributed by atoms with Crippen LogP contribution in [-0.2, 0) is 14.8 Å². The van der Waals surface area contributed by atoms with Gasteiger partial charge in [0.15, 0.2) is 0 Å². The molecule has 1 aliphatic heterocycles. The number of nitrogens with one attached hydrogen (secondary N) is 1. The van der Waals surface area contributed by atoms with Gasteiger partial charge in [0.1, 0.15) is 10.6 Å². The van der Waals surface area contributed by atoms with Crippen LogP contribution in [0.3, 0.4) is 0 Å². The largest absolute Gasteiger partial charge is 0.495 e. The summed E-state index contributed by atoms with van der Waals surface area (Å²) in [7, 11) is -2.17. The molecule has 0 spiro atoms. The quantitative estimate of drug-likeness (QED) is 0.594. The summed E-state index contributed by atoms with van der Waals surface area (Å²) >= 11 is 0. The first-order valence-electron chi connectivity index (χ1n) is 8.24. The van der Waals surface area contributed by atoms with E-state index in [4.69, 9.17) is 4.74 Å². The van der Waals surface area contributed by atoms with Crippen LogP contribution in [0.25, 0.3) is 6.08 Å². The summed E-state index contributed by atoms with van der Waals surface area (Å²) in [5.41, 5.74) is 0.616. The molecule has 0 aromatic heterocycles. The number of ether oxygens (including phenoxy) is 1. The number of methoxy groups -OCH3 is 1. The summed E-state index contributed by atoms with van der Waals surface area (Å²) in [5.74, 6) is 0.0370. The van der Waals surface area contributed by atoms with Crippen LogP contribution in [0.1, 0.15) is 24.8 Å². The van der Waals surface area contributed by atoms with Crippen LogP contribution in [0.4, 0.5) is 0 Å². The molecule has 1 heterocycles. The third-order valence-electron chi connectivity index (χ3n) is 3.97. The van der Waals surface area contributed by atoms with Gasteiger partial charge in [0.25, 0.3) is 0 Å². The van der Waals surface area contributed by atoms with Gasteiger partial charge in [-0.25, -0.2) is 8.42 Å². The van der Waals surface area contributed by atoms with Gasteiger partial charge in [0, 0.05) is 25.7 Å². The molecule has 1 aromatic rings. The molecule has 0 unspecified atom stereocenters. The Morgan fingerprint density at radius 3 is 2.68 bits per heavy atom. The van der Waals surface area contributed by atoms with E-state index in [0.29, 0.717) is 30.9 Å². The van der Waals surface area contributed by atoms with Gasteiger partial charge in [0.05, 0.1) is 7.11 Å². The van der Waals surface area contributed by atoms with Crippen molar-refractivity contribution in [1.82, 2.24) is 9.62 Å². The Morgan fingerprint density at radius 2 is 2.04 bits per heavy atom. The van der Waals surface area contributed by atoms with Crippen molar-refractivity contribution >= 4 is 22.0 Å². The van der Waals surface area contributed by atoms with Gasteiger partial charge in [-0.1, -0.05) is 18.6 Å². The molecule has 1 N–H and O–H groups in total. The van der Waals surface area contributed by atoms with Crippen molar-refractivity contribution in [2.75, 3.05) is 26.7 Å². The van der Waals surface area contributed by atoms with Crippen LogP contribution < -0.4 is 10.1 Å². The van der Waals surface area contributed by atoms with Crippen molar-refractivity contribution in [3.8, 4) is 5.75 Å². The number of amides is 1. The number of sulfonamides is 1. The second kappa shape index (κ2) is 8.82. The average molecular weight is 364 g/mol. The normalized spacial score (nSPS) is 15.9. The molecule has 1 saturated heterocycles. The van der Waals surface area contributed by atoms with Crippen molar-refractivity contribution in [3.05, 3.63) is 42.5 Å². The van der Waals surface area contributed by atoms with E-state index in [1.165, 1.54) is 17.5 Å². The molecule has 1 aromatic carbocycles. The van der Waals surface area contributed by atoms with Gasteiger partial charge in [-0.05, 0) is 36.6 Å². The Labute approximate surface area is 149 Å². The van der Waals surface area contributed by atoms with Crippen molar-refractivity contribution < 1.29 is 17.9 Å². The molecule has 1 amide bonds. The fourth-order valence-corrected chi connectivity index (χ4v) is 4.35. The maximum atomic E-state index is 12.9. The Balaban J connectivity index is 2.29. The minimum atomic E-state index is -3.62. The molecule has 0 saturated carbocycles. The molecular formula is C18H24N2O4S. The molecular weight excluding hydrogens is 340 g/mol. The molecule has 1 aliphatic rings. The van der Waals surface area contributed by atoms with Gasteiger partial charge >= 0.3 is 0 Å². The SMILES string of the molecule is C=CCNC(=O)/C=C/c1ccc(OC)c(S(=O)(=O)N2CCCCC2)c1. The summed E-state index contributed by atoms with van der Waals surface area (Å²) < 4.78 is 32.6. The molecule has 0 bridgehead atoms. The molecule has 7 heteroatoms. The highest BCUT2D eigenvalue weighted by molar-refractivity contribution is 7.89. The van der Waals surface area contributed by atoms with E-state index in [1.54, 1.807) is 30.4 Å². The zero-order valence-corrected chi connectivity index (χ0v) is 15.2. The molecule has 25 heavy (non-hydrogen) atoms. The zero-order chi connectivity index (χ0) is 18.3. The summed E-state index contributed by atoms with van der Waals surface area (Å²) in [6.07, 6.45) is 7.30. The third-order valence-corrected chi connectivity index (χ3v) is 5.89. The fraction of sp³-hybridized carbons (Fsp3) is 0.389. The van der Waals surface area contributed by atoms with Crippen LogP contribution >= 0.6 is 0 Å². The van der Waals surface area contributed by atoms with Crippen molar-refractivity contribution in [1.29, 1.82) is 0 Å². The lowest BCUT2D eigenvalue weighted by Crippen LogP contribution is -2.35. The first kappa shape index (κ1) is 19.2. The molecule has 0 aliphatic carbocycles. The molecule has 0 radical (unpaired) electrons. The van der Waals surface area contributed by atoms with E-state index < -0.39 is 10.0 Å². The highest BCUT2D eigenvalue weighted by Gasteiger charge is 2.28. The third kappa shape index (κ3) is 4.93. The minimum absolute atomic E-state index is 0.130. The summed E-state index contributed by atoms with van der Waals surface area (Å²) in [6, 6.07) is 4.86. The smallest absolute Gasteiger partial charge is 0.246 e. The van der Waals surface area contributed by atoms with Gasteiger partial charge in [0.2, 0.25) is 15.9 Å². The van der Waals surface area contributed by atoms with E-state index in [9.17, 15) is 13.2 Å². The van der Waals surface area contributed by atoms with Gasteiger partial charge < -0.3 is 10.1 Å². The predicted octanol–water partition coefficient (Wildman–Crippen LogP) is 2.19. The first-order chi connectivity index (χ1) is 12.0. The number of benzene rings is 1. The lowest BCUT2D eigenvalue weighted by Gasteiger charge is -2.26. The van der Waals surface area contributed by atoms with E-state index in [0.717, 1.165) is 19.3 Å². The Hall–Kier alpha value is -2.12. The van der Waals surface area contributed by atoms with Crippen molar-refractivity contribution in [3.63, 3.8) is 0 Å². The maximum Gasteiger partial charge on any atom is 0.246 e. The van der Waals surface area contributed by atoms with E-state index in [1.807, 2.05) is 0 Å². The lowest BCUT2D eigenvalue weighted by atomic mass is 10.2. The number of hydrogen-bond acceptors (Lipinski definition) is 4. The van der Waals surface area contributed by atoms with Gasteiger partial charge in [-0.3, -0.25) is 4.79 Å². The molecule has 2 rings (SSSR count). The summed E-state index contributed by atoms with van der Waals surface area (Å²) in [4.78, 5) is 11.8. The Bertz CT molecular complexity index is 750. The van der Waals surface area contributed by atoms with E-state index in [-0.39, 0.29) is 10.8 Å². The van der Waals surface area contributed by atoms with Crippen LogP contribution in [0.5, 0.6) is 5.75 Å². The maximum absolute atomic E-state index is 12.9. The summed E-state index contributed by atoms with van der Waals surface area (Å²) in [5, 5.41) is 2.63. The Kier molecular flexibility index (Phi) is 6.78. The molecule has 136 valence electrons. The van der Waals surface area contributed by atoms with Crippen molar-refractivity contribution in [2.45, 2.75) is 24.2 Å². The van der Waals surface area contributed by atoms with Crippen molar-refractivity contribution in [2.24, 2.45) is 0 Å². The Morgan fingerprint density at radius 1 is 1.32 bits per heavy atom. The number of nitrogens with zero attached hydrogens (tertiary/aromatic N) is 1. The molecule has 6 nitrogen and oxygen atoms in total. The highest BCUT2D eigenvalue weighted by Crippen LogP contribution is 2.29. The molecule has 1 fully saturated rings. The van der Waals surface area contributed by atoms with Crippen LogP contribution in [0.15, 0.2) is 41.8 Å². The fourth-order valence-electron chi connectivity index (χ4n) is 2.65. The van der Waals surface area contributed by atoms with Gasteiger partial charge in [-0.2, -0.15) is 4.31 Å². The standard InChI is InChI=1S/C18H24N2O4S/c1-3-11-19-18(21)10-8-15-7-9-16(24-2)17(14-15)25(22,23)20-12-5-4-6-13-20/h3,7-10,14H,1,4-6,11-13H2,2H3,(H,19,21)/b10-8+. The minimum Gasteiger partial charge on any atom is -0.495 e. The lowest BCUT2D eigenvalue weighted by molar-refractivity contribution is -0.116. The summed E-state index contributed by atoms with van der Waals surface area (Å²) in [6.45, 7) is 4.95. The number of carbonyl (C=O) groups is 1. The van der Waals surface area contributed by atoms with E-state index >= 15 is 0 Å². The number of rotatable bonds is 7. The average Bonchev–Trinajstić information content (AvgIpc) is 2.65. The number of carbonyl (C=O) groups excluding carboxylic acids is 1. The van der Waals surface area contributed by atoms with Crippen LogP contribution in [0, 0.1) is 0 Å². The monoisotopic (exact) mass is 364 g/mol. The topological polar surface area (TPSA) is 75.7 Å². The van der Waals surface area contributed by atoms with Crippen LogP contribution in [-0.4, -0.2) is 45.4 Å². The van der Waals surface area contributed by atoms with E-state index in [2.05, 4.69) is 11.9 Å². The first-order valence-corrected chi connectivity index (χ1v) is 9.68. The predicted molar refractivity (Wildman–Crippen MR) is 97.8 cm³/mol. The second-order valence-electron chi connectivity index (χ2n) is 5.74. The number of hydrogen-bond donors (Lipinski definition) is 1. The second-order valence-corrected chi connectivity index (χ2v) is 7.65. The molecule has 0 atom stereocenters.